The Hall–Kier alpha value is -10.6. The van der Waals surface area contributed by atoms with Crippen molar-refractivity contribution >= 4 is 68.4 Å². The van der Waals surface area contributed by atoms with Gasteiger partial charge in [0.1, 0.15) is 86.9 Å². The Morgan fingerprint density at radius 2 is 0.598 bits per heavy atom. The maximum absolute atomic E-state index is 15.0. The fourth-order valence-electron chi connectivity index (χ4n) is 15.8. The highest BCUT2D eigenvalue weighted by molar-refractivity contribution is 5.85. The molecule has 3 aromatic carbocycles. The van der Waals surface area contributed by atoms with Crippen LogP contribution in [0.1, 0.15) is 171 Å². The van der Waals surface area contributed by atoms with E-state index in [4.69, 9.17) is 0 Å². The number of hydrogen-bond acceptors (Lipinski definition) is 24. The number of likely N-dealkylation sites (tertiary alicyclic amines) is 3. The van der Waals surface area contributed by atoms with Crippen LogP contribution in [-0.4, -0.2) is 195 Å². The molecule has 27 nitrogen and oxygen atoms in total. The third kappa shape index (κ3) is 18.0. The van der Waals surface area contributed by atoms with E-state index >= 15 is 0 Å². The lowest BCUT2D eigenvalue weighted by atomic mass is 9.83. The number of pyridine rings is 3. The lowest BCUT2D eigenvalue weighted by Gasteiger charge is -2.40. The molecule has 618 valence electrons. The molecule has 12 heterocycles. The van der Waals surface area contributed by atoms with Gasteiger partial charge in [0.15, 0.2) is 34.9 Å². The number of aliphatic hydroxyl groups is 6. The molecule has 33 heteroatoms. The van der Waals surface area contributed by atoms with E-state index in [0.717, 1.165) is 77.5 Å². The molecule has 3 aliphatic heterocycles. The van der Waals surface area contributed by atoms with Gasteiger partial charge in [-0.25, -0.2) is 86.2 Å². The lowest BCUT2D eigenvalue weighted by molar-refractivity contribution is -0.110. The van der Waals surface area contributed by atoms with Gasteiger partial charge in [0.05, 0.1) is 51.9 Å². The molecule has 9 aromatic heterocycles. The molecule has 3 saturated heterocycles. The first-order chi connectivity index (χ1) is 55.8. The van der Waals surface area contributed by atoms with Gasteiger partial charge in [0.2, 0.25) is 17.8 Å². The first kappa shape index (κ1) is 84.3. The molecule has 3 atom stereocenters. The number of fused-ring (bicyclic) bond motifs is 3. The highest BCUT2D eigenvalue weighted by Gasteiger charge is 2.43. The Morgan fingerprint density at radius 1 is 0.350 bits per heavy atom. The predicted octanol–water partition coefficient (Wildman–Crippen LogP) is 14.0. The number of rotatable bonds is 21. The fourth-order valence-corrected chi connectivity index (χ4v) is 15.8. The van der Waals surface area contributed by atoms with Crippen molar-refractivity contribution < 1.29 is 57.0 Å². The van der Waals surface area contributed by atoms with Gasteiger partial charge in [-0.1, -0.05) is 39.0 Å². The summed E-state index contributed by atoms with van der Waals surface area (Å²) in [6, 6.07) is 18.7. The van der Waals surface area contributed by atoms with Crippen LogP contribution in [0.3, 0.4) is 0 Å². The predicted molar refractivity (Wildman–Crippen MR) is 434 cm³/mol. The number of aryl methyl sites for hydroxylation is 3. The number of aromatic nitrogens is 15. The zero-order valence-electron chi connectivity index (χ0n) is 67.5. The van der Waals surface area contributed by atoms with Gasteiger partial charge in [0.25, 0.3) is 0 Å². The van der Waals surface area contributed by atoms with Gasteiger partial charge < -0.3 is 75.0 Å². The molecule has 0 radical (unpaired) electrons. The highest BCUT2D eigenvalue weighted by Crippen LogP contribution is 2.41. The third-order valence-corrected chi connectivity index (χ3v) is 22.4. The monoisotopic (exact) mass is 1610 g/mol. The minimum atomic E-state index is -1.21. The molecule has 0 saturated carbocycles. The number of piperidine rings is 3. The summed E-state index contributed by atoms with van der Waals surface area (Å²) in [6.07, 6.45) is 7.14. The van der Waals surface area contributed by atoms with Crippen molar-refractivity contribution in [2.75, 3.05) is 74.9 Å². The van der Waals surface area contributed by atoms with E-state index < -0.39 is 70.0 Å². The SMILES string of the molecule is CCN1CCC(O)(C(O)c2ccc(Nc3ncc(F)c(-c4cc(F)c5nc(C)n(C(C)C)c5c4)n3)nc2)CC1.CCN1CCC(O)([C@@H](O)c2ccc(Nc3ncc(F)c(-c4cc(F)c5nc(C)n(C(C)C)c5c4)n3)nc2)CC1.CCN1CCC(O)([C@H](O)c2ccc(Nc3ncc(F)c(-c4cc(F)c5nc(C)n(C(C)C)c5c4)n3)nc2)CC1. The summed E-state index contributed by atoms with van der Waals surface area (Å²) in [5.74, 6) is -0.434. The van der Waals surface area contributed by atoms with Crippen LogP contribution in [0.5, 0.6) is 0 Å². The van der Waals surface area contributed by atoms with Crippen molar-refractivity contribution in [3.05, 3.63) is 179 Å². The van der Waals surface area contributed by atoms with Crippen LogP contribution in [0.15, 0.2) is 110 Å². The summed E-state index contributed by atoms with van der Waals surface area (Å²) in [6.45, 7) is 30.5. The Bertz CT molecular complexity index is 4980. The molecule has 12 aromatic rings. The topological polar surface area (TPSA) is 337 Å². The number of halogens is 6. The molecule has 15 rings (SSSR count). The average molecular weight is 1610 g/mol. The molecule has 117 heavy (non-hydrogen) atoms. The van der Waals surface area contributed by atoms with Gasteiger partial charge in [-0.15, -0.1) is 0 Å². The average Bonchev–Trinajstić information content (AvgIpc) is 1.64. The molecule has 0 spiro atoms. The standard InChI is InChI=1S/3C28H33F2N7O2/c3*1-5-36-10-8-28(39,9-11-36)26(38)18-6-7-23(31-14-18)34-27-32-15-21(30)24(35-27)19-12-20(29)25-22(13-19)37(16(2)3)17(4)33-25/h3*6-7,12-16,26,38-39H,5,8-11H2,1-4H3,(H,31,32,34,35)/t2*26-;/m10./s1. The first-order valence-electron chi connectivity index (χ1n) is 39.5. The Labute approximate surface area is 673 Å². The van der Waals surface area contributed by atoms with E-state index in [1.54, 1.807) is 75.4 Å². The minimum absolute atomic E-state index is 0.0366. The molecule has 1 unspecified atom stereocenters. The van der Waals surface area contributed by atoms with Crippen LogP contribution in [0.2, 0.25) is 0 Å². The molecule has 0 amide bonds. The Balaban J connectivity index is 0.000000152. The first-order valence-corrected chi connectivity index (χ1v) is 39.5. The van der Waals surface area contributed by atoms with Crippen molar-refractivity contribution in [2.24, 2.45) is 0 Å². The number of anilines is 6. The van der Waals surface area contributed by atoms with Crippen molar-refractivity contribution in [1.82, 2.24) is 88.2 Å². The second-order valence-corrected chi connectivity index (χ2v) is 31.1. The van der Waals surface area contributed by atoms with E-state index in [-0.39, 0.29) is 86.3 Å². The Kier molecular flexibility index (Phi) is 25.1. The zero-order valence-corrected chi connectivity index (χ0v) is 67.5. The fraction of sp³-hybridized carbons (Fsp3) is 0.429. The smallest absolute Gasteiger partial charge is 0.229 e. The van der Waals surface area contributed by atoms with Gasteiger partial charge >= 0.3 is 0 Å². The summed E-state index contributed by atoms with van der Waals surface area (Å²) < 4.78 is 95.0. The highest BCUT2D eigenvalue weighted by atomic mass is 19.1. The van der Waals surface area contributed by atoms with E-state index in [0.29, 0.717) is 107 Å². The number of benzene rings is 3. The second kappa shape index (κ2) is 34.9. The van der Waals surface area contributed by atoms with Crippen molar-refractivity contribution in [1.29, 1.82) is 0 Å². The maximum Gasteiger partial charge on any atom is 0.229 e. The Morgan fingerprint density at radius 3 is 0.812 bits per heavy atom. The molecule has 0 aliphatic carbocycles. The number of nitrogens with one attached hydrogen (secondary N) is 3. The van der Waals surface area contributed by atoms with Crippen LogP contribution >= 0.6 is 0 Å². The van der Waals surface area contributed by atoms with Crippen LogP contribution < -0.4 is 16.0 Å². The summed E-state index contributed by atoms with van der Waals surface area (Å²) >= 11 is 0. The van der Waals surface area contributed by atoms with Gasteiger partial charge in [-0.3, -0.25) is 0 Å². The molecular formula is C84H99F6N21O6. The summed E-state index contributed by atoms with van der Waals surface area (Å²) in [5.41, 5.74) is 0.813. The second-order valence-electron chi connectivity index (χ2n) is 31.1. The number of hydrogen-bond donors (Lipinski definition) is 9. The van der Waals surface area contributed by atoms with E-state index in [1.165, 1.54) is 36.8 Å². The quantitative estimate of drug-likeness (QED) is 0.0302. The van der Waals surface area contributed by atoms with Crippen LogP contribution in [0, 0.1) is 55.7 Å². The number of imidazole rings is 3. The third-order valence-electron chi connectivity index (χ3n) is 22.4. The summed E-state index contributed by atoms with van der Waals surface area (Å²) in [7, 11) is 0. The normalized spacial score (nSPS) is 16.6. The van der Waals surface area contributed by atoms with Gasteiger partial charge in [-0.2, -0.15) is 0 Å². The summed E-state index contributed by atoms with van der Waals surface area (Å²) in [4.78, 5) is 57.6. The molecular weight excluding hydrogens is 1510 g/mol. The number of nitrogens with zero attached hydrogens (tertiary/aromatic N) is 18. The van der Waals surface area contributed by atoms with Crippen LogP contribution in [-0.2, 0) is 0 Å². The van der Waals surface area contributed by atoms with E-state index in [9.17, 15) is 57.0 Å². The van der Waals surface area contributed by atoms with Crippen LogP contribution in [0.4, 0.5) is 61.6 Å². The van der Waals surface area contributed by atoms with Crippen LogP contribution in [0.25, 0.3) is 66.9 Å². The van der Waals surface area contributed by atoms with E-state index in [1.807, 2.05) is 55.2 Å². The van der Waals surface area contributed by atoms with Gasteiger partial charge in [-0.05, 0) is 175 Å². The molecule has 3 fully saturated rings. The lowest BCUT2D eigenvalue weighted by Crippen LogP contribution is -2.47. The maximum atomic E-state index is 15.0. The van der Waals surface area contributed by atoms with Crippen molar-refractivity contribution in [2.45, 2.75) is 175 Å². The summed E-state index contributed by atoms with van der Waals surface area (Å²) in [5, 5.41) is 74.4. The van der Waals surface area contributed by atoms with E-state index in [2.05, 4.69) is 111 Å². The molecule has 0 bridgehead atoms. The van der Waals surface area contributed by atoms with Crippen molar-refractivity contribution in [3.8, 4) is 33.8 Å². The zero-order chi connectivity index (χ0) is 83.7. The number of aliphatic hydroxyl groups excluding tert-OH is 3. The molecule has 9 N–H and O–H groups in total. The van der Waals surface area contributed by atoms with Crippen molar-refractivity contribution in [3.63, 3.8) is 0 Å². The minimum Gasteiger partial charge on any atom is -0.387 e. The molecule has 3 aliphatic rings. The van der Waals surface area contributed by atoms with Gasteiger partial charge in [0, 0.05) is 109 Å². The largest absolute Gasteiger partial charge is 0.387 e.